The van der Waals surface area contributed by atoms with Gasteiger partial charge in [-0.2, -0.15) is 0 Å². The van der Waals surface area contributed by atoms with Crippen LogP contribution in [-0.2, 0) is 13.0 Å². The number of hydrogen-bond acceptors (Lipinski definition) is 3. The first kappa shape index (κ1) is 22.6. The van der Waals surface area contributed by atoms with Crippen LogP contribution in [0.1, 0.15) is 24.6 Å². The maximum atomic E-state index is 4.65. The molecule has 1 aliphatic rings. The molecule has 1 saturated heterocycles. The zero-order valence-electron chi connectivity index (χ0n) is 17.7. The van der Waals surface area contributed by atoms with Crippen molar-refractivity contribution in [3.63, 3.8) is 0 Å². The van der Waals surface area contributed by atoms with Crippen LogP contribution in [0.2, 0.25) is 0 Å². The minimum absolute atomic E-state index is 0. The molecule has 3 heterocycles. The van der Waals surface area contributed by atoms with Gasteiger partial charge in [-0.25, -0.2) is 4.98 Å². The minimum atomic E-state index is 0. The number of benzene rings is 1. The van der Waals surface area contributed by atoms with Crippen molar-refractivity contribution >= 4 is 35.6 Å². The molecule has 7 heteroatoms. The van der Waals surface area contributed by atoms with Crippen molar-refractivity contribution in [3.8, 4) is 0 Å². The summed E-state index contributed by atoms with van der Waals surface area (Å²) >= 11 is 0. The van der Waals surface area contributed by atoms with E-state index >= 15 is 0 Å². The number of nitrogens with one attached hydrogen (secondary N) is 2. The van der Waals surface area contributed by atoms with Gasteiger partial charge in [0.05, 0.1) is 5.69 Å². The number of hydrogen-bond donors (Lipinski definition) is 2. The van der Waals surface area contributed by atoms with Gasteiger partial charge in [-0.3, -0.25) is 9.89 Å². The molecule has 0 bridgehead atoms. The van der Waals surface area contributed by atoms with E-state index in [1.54, 1.807) is 0 Å². The summed E-state index contributed by atoms with van der Waals surface area (Å²) in [5.41, 5.74) is 3.45. The average Bonchev–Trinajstić information content (AvgIpc) is 3.30. The maximum Gasteiger partial charge on any atom is 0.191 e. The number of imidazole rings is 1. The van der Waals surface area contributed by atoms with E-state index in [-0.39, 0.29) is 24.0 Å². The lowest BCUT2D eigenvalue weighted by atomic mass is 10.2. The molecule has 2 aromatic heterocycles. The third-order valence-corrected chi connectivity index (χ3v) is 5.58. The molecule has 1 aromatic carbocycles. The van der Waals surface area contributed by atoms with Crippen molar-refractivity contribution < 1.29 is 0 Å². The summed E-state index contributed by atoms with van der Waals surface area (Å²) in [6.45, 7) is 5.15. The largest absolute Gasteiger partial charge is 0.356 e. The Morgan fingerprint density at radius 1 is 1.17 bits per heavy atom. The Morgan fingerprint density at radius 3 is 2.73 bits per heavy atom. The Bertz CT molecular complexity index is 921. The predicted molar refractivity (Wildman–Crippen MR) is 134 cm³/mol. The van der Waals surface area contributed by atoms with Gasteiger partial charge >= 0.3 is 0 Å². The summed E-state index contributed by atoms with van der Waals surface area (Å²) in [6.07, 6.45) is 6.11. The Labute approximate surface area is 195 Å². The monoisotopic (exact) mass is 518 g/mol. The van der Waals surface area contributed by atoms with Crippen LogP contribution >= 0.6 is 24.0 Å². The molecule has 6 nitrogen and oxygen atoms in total. The van der Waals surface area contributed by atoms with Gasteiger partial charge in [0.15, 0.2) is 5.96 Å². The zero-order valence-corrected chi connectivity index (χ0v) is 20.0. The molecule has 2 unspecified atom stereocenters. The Hall–Kier alpha value is -2.13. The molecule has 0 spiro atoms. The van der Waals surface area contributed by atoms with Gasteiger partial charge in [0.1, 0.15) is 5.65 Å². The van der Waals surface area contributed by atoms with Crippen LogP contribution in [0.25, 0.3) is 5.65 Å². The lowest BCUT2D eigenvalue weighted by molar-refractivity contribution is 0.258. The molecule has 30 heavy (non-hydrogen) atoms. The number of pyridine rings is 1. The summed E-state index contributed by atoms with van der Waals surface area (Å²) in [7, 11) is 1.83. The van der Waals surface area contributed by atoms with Gasteiger partial charge in [0.2, 0.25) is 0 Å². The SMILES string of the molecule is CN=C(NCCc1cn2ccccc2n1)NC1CC(C)N(Cc2ccccc2)C1.I. The van der Waals surface area contributed by atoms with Crippen LogP contribution in [0.3, 0.4) is 0 Å². The van der Waals surface area contributed by atoms with Gasteiger partial charge in [0, 0.05) is 57.6 Å². The number of nitrogens with zero attached hydrogens (tertiary/aromatic N) is 4. The number of aromatic nitrogens is 2. The number of halogens is 1. The van der Waals surface area contributed by atoms with Crippen molar-refractivity contribution in [1.29, 1.82) is 0 Å². The number of aliphatic imine (C=N–C) groups is 1. The molecule has 160 valence electrons. The zero-order chi connectivity index (χ0) is 20.1. The normalized spacial score (nSPS) is 19.6. The van der Waals surface area contributed by atoms with Crippen molar-refractivity contribution in [1.82, 2.24) is 24.9 Å². The summed E-state index contributed by atoms with van der Waals surface area (Å²) in [5, 5.41) is 7.04. The number of likely N-dealkylation sites (tertiary alicyclic amines) is 1. The fraction of sp³-hybridized carbons (Fsp3) is 0.391. The van der Waals surface area contributed by atoms with Crippen molar-refractivity contribution in [2.75, 3.05) is 20.1 Å². The van der Waals surface area contributed by atoms with Crippen molar-refractivity contribution in [2.45, 2.75) is 38.4 Å². The van der Waals surface area contributed by atoms with Crippen molar-refractivity contribution in [3.05, 3.63) is 72.2 Å². The van der Waals surface area contributed by atoms with E-state index in [0.29, 0.717) is 12.1 Å². The van der Waals surface area contributed by atoms with Gasteiger partial charge in [-0.1, -0.05) is 36.4 Å². The molecule has 1 fully saturated rings. The molecule has 1 aliphatic heterocycles. The maximum absolute atomic E-state index is 4.65. The van der Waals surface area contributed by atoms with Gasteiger partial charge < -0.3 is 15.0 Å². The minimum Gasteiger partial charge on any atom is -0.356 e. The molecule has 3 aromatic rings. The van der Waals surface area contributed by atoms with Gasteiger partial charge in [-0.15, -0.1) is 24.0 Å². The Morgan fingerprint density at radius 2 is 1.97 bits per heavy atom. The number of guanidine groups is 1. The highest BCUT2D eigenvalue weighted by molar-refractivity contribution is 14.0. The summed E-state index contributed by atoms with van der Waals surface area (Å²) in [5.74, 6) is 0.868. The molecule has 0 radical (unpaired) electrons. The van der Waals surface area contributed by atoms with E-state index in [9.17, 15) is 0 Å². The molecular formula is C23H31IN6. The second kappa shape index (κ2) is 10.8. The quantitative estimate of drug-likeness (QED) is 0.299. The molecule has 2 N–H and O–H groups in total. The average molecular weight is 518 g/mol. The second-order valence-corrected chi connectivity index (χ2v) is 7.79. The number of rotatable bonds is 6. The highest BCUT2D eigenvalue weighted by Gasteiger charge is 2.29. The van der Waals surface area contributed by atoms with E-state index in [4.69, 9.17) is 0 Å². The lowest BCUT2D eigenvalue weighted by Gasteiger charge is -2.21. The summed E-state index contributed by atoms with van der Waals surface area (Å²) in [6, 6.07) is 17.7. The molecule has 4 rings (SSSR count). The van der Waals surface area contributed by atoms with E-state index in [1.165, 1.54) is 5.56 Å². The smallest absolute Gasteiger partial charge is 0.191 e. The predicted octanol–water partition coefficient (Wildman–Crippen LogP) is 3.32. The topological polar surface area (TPSA) is 57.0 Å². The van der Waals surface area contributed by atoms with Gasteiger partial charge in [-0.05, 0) is 31.0 Å². The van der Waals surface area contributed by atoms with Crippen LogP contribution in [0.5, 0.6) is 0 Å². The molecule has 0 saturated carbocycles. The third-order valence-electron chi connectivity index (χ3n) is 5.58. The molecular weight excluding hydrogens is 487 g/mol. The highest BCUT2D eigenvalue weighted by Crippen LogP contribution is 2.20. The van der Waals surface area contributed by atoms with E-state index in [0.717, 1.165) is 49.8 Å². The Kier molecular flexibility index (Phi) is 8.09. The van der Waals surface area contributed by atoms with E-state index in [1.807, 2.05) is 31.4 Å². The summed E-state index contributed by atoms with van der Waals surface area (Å²) in [4.78, 5) is 11.6. The van der Waals surface area contributed by atoms with Crippen molar-refractivity contribution in [2.24, 2.45) is 4.99 Å². The first-order valence-electron chi connectivity index (χ1n) is 10.4. The third kappa shape index (κ3) is 5.72. The highest BCUT2D eigenvalue weighted by atomic mass is 127. The Balaban J connectivity index is 0.00000256. The van der Waals surface area contributed by atoms with E-state index in [2.05, 4.69) is 73.4 Å². The number of fused-ring (bicyclic) bond motifs is 1. The second-order valence-electron chi connectivity index (χ2n) is 7.79. The van der Waals surface area contributed by atoms with Gasteiger partial charge in [0.25, 0.3) is 0 Å². The van der Waals surface area contributed by atoms with Crippen LogP contribution in [-0.4, -0.2) is 52.5 Å². The standard InChI is InChI=1S/C23H30N6.HI/c1-18-14-21(17-29(18)15-19-8-4-3-5-9-19)27-23(24-2)25-12-11-20-16-28-13-7-6-10-22(28)26-20;/h3-10,13,16,18,21H,11-12,14-15,17H2,1-2H3,(H2,24,25,27);1H. The fourth-order valence-corrected chi connectivity index (χ4v) is 4.05. The molecule has 0 amide bonds. The summed E-state index contributed by atoms with van der Waals surface area (Å²) < 4.78 is 2.06. The van der Waals surface area contributed by atoms with Crippen LogP contribution in [0, 0.1) is 0 Å². The van der Waals surface area contributed by atoms with Crippen LogP contribution in [0.15, 0.2) is 65.9 Å². The molecule has 0 aliphatic carbocycles. The van der Waals surface area contributed by atoms with Crippen LogP contribution < -0.4 is 10.6 Å². The fourth-order valence-electron chi connectivity index (χ4n) is 4.05. The lowest BCUT2D eigenvalue weighted by Crippen LogP contribution is -2.45. The molecule has 2 atom stereocenters. The first-order chi connectivity index (χ1) is 14.2. The van der Waals surface area contributed by atoms with Crippen LogP contribution in [0.4, 0.5) is 0 Å². The van der Waals surface area contributed by atoms with E-state index < -0.39 is 0 Å². The first-order valence-corrected chi connectivity index (χ1v) is 10.4.